The van der Waals surface area contributed by atoms with Crippen molar-refractivity contribution < 1.29 is 0 Å². The third kappa shape index (κ3) is 1.93. The number of aromatic nitrogens is 3. The van der Waals surface area contributed by atoms with Gasteiger partial charge in [0.2, 0.25) is 0 Å². The van der Waals surface area contributed by atoms with E-state index in [0.717, 1.165) is 26.5 Å². The fourth-order valence-electron chi connectivity index (χ4n) is 1.34. The summed E-state index contributed by atoms with van der Waals surface area (Å²) in [5.41, 5.74) is -1.68. The molecule has 0 unspecified atom stereocenters. The molecule has 0 N–H and O–H groups in total. The van der Waals surface area contributed by atoms with Gasteiger partial charge < -0.3 is 0 Å². The molecule has 0 bridgehead atoms. The van der Waals surface area contributed by atoms with Crippen LogP contribution < -0.4 is 17.1 Å². The van der Waals surface area contributed by atoms with E-state index in [1.807, 2.05) is 6.92 Å². The highest BCUT2D eigenvalue weighted by molar-refractivity contribution is 4.75. The minimum atomic E-state index is -0.585. The smallest absolute Gasteiger partial charge is 0.248 e. The zero-order chi connectivity index (χ0) is 11.6. The predicted octanol–water partition coefficient (Wildman–Crippen LogP) is -0.954. The first kappa shape index (κ1) is 11.5. The monoisotopic (exact) mass is 213 g/mol. The van der Waals surface area contributed by atoms with Crippen molar-refractivity contribution in [1.29, 1.82) is 0 Å². The largest absolute Gasteiger partial charge is 0.336 e. The summed E-state index contributed by atoms with van der Waals surface area (Å²) in [5.74, 6) is 0. The third-order valence-electron chi connectivity index (χ3n) is 2.34. The van der Waals surface area contributed by atoms with E-state index in [-0.39, 0.29) is 0 Å². The molecule has 0 saturated carbocycles. The molecule has 0 spiro atoms. The Morgan fingerprint density at radius 2 is 1.40 bits per heavy atom. The van der Waals surface area contributed by atoms with Crippen molar-refractivity contribution in [2.75, 3.05) is 0 Å². The van der Waals surface area contributed by atoms with Crippen LogP contribution in [-0.2, 0) is 20.6 Å². The lowest BCUT2D eigenvalue weighted by atomic mass is 10.3. The summed E-state index contributed by atoms with van der Waals surface area (Å²) in [6.45, 7) is 2.33. The van der Waals surface area contributed by atoms with Crippen LogP contribution in [-0.4, -0.2) is 13.7 Å². The van der Waals surface area contributed by atoms with E-state index >= 15 is 0 Å². The second-order valence-corrected chi connectivity index (χ2v) is 3.47. The van der Waals surface area contributed by atoms with Gasteiger partial charge >= 0.3 is 17.1 Å². The molecular formula is C9H15N3O3. The van der Waals surface area contributed by atoms with Crippen molar-refractivity contribution in [3.8, 4) is 0 Å². The van der Waals surface area contributed by atoms with Crippen LogP contribution in [0, 0.1) is 0 Å². The average molecular weight is 213 g/mol. The van der Waals surface area contributed by atoms with Gasteiger partial charge in [-0.1, -0.05) is 13.3 Å². The Kier molecular flexibility index (Phi) is 3.28. The highest BCUT2D eigenvalue weighted by Crippen LogP contribution is 1.86. The lowest BCUT2D eigenvalue weighted by Crippen LogP contribution is -2.52. The molecule has 0 aliphatic rings. The van der Waals surface area contributed by atoms with E-state index in [9.17, 15) is 14.4 Å². The van der Waals surface area contributed by atoms with Gasteiger partial charge in [-0.05, 0) is 6.42 Å². The van der Waals surface area contributed by atoms with E-state index in [2.05, 4.69) is 0 Å². The van der Waals surface area contributed by atoms with E-state index < -0.39 is 17.1 Å². The minimum Gasteiger partial charge on any atom is -0.248 e. The molecule has 0 amide bonds. The van der Waals surface area contributed by atoms with Crippen molar-refractivity contribution >= 4 is 0 Å². The van der Waals surface area contributed by atoms with Crippen LogP contribution in [0.4, 0.5) is 0 Å². The maximum Gasteiger partial charge on any atom is 0.336 e. The minimum absolute atomic E-state index is 0.357. The predicted molar refractivity (Wildman–Crippen MR) is 56.1 cm³/mol. The van der Waals surface area contributed by atoms with Crippen LogP contribution >= 0.6 is 0 Å². The van der Waals surface area contributed by atoms with Gasteiger partial charge in [-0.15, -0.1) is 0 Å². The van der Waals surface area contributed by atoms with Crippen LogP contribution in [0.3, 0.4) is 0 Å². The van der Waals surface area contributed by atoms with Crippen LogP contribution in [0.15, 0.2) is 14.4 Å². The second-order valence-electron chi connectivity index (χ2n) is 3.47. The summed E-state index contributed by atoms with van der Waals surface area (Å²) in [6, 6.07) is 0. The molecule has 1 aromatic rings. The molecule has 0 aliphatic carbocycles. The first-order valence-electron chi connectivity index (χ1n) is 4.87. The Morgan fingerprint density at radius 1 is 0.933 bits per heavy atom. The Balaban J connectivity index is 3.47. The number of unbranched alkanes of at least 4 members (excludes halogenated alkanes) is 1. The fourth-order valence-corrected chi connectivity index (χ4v) is 1.34. The summed E-state index contributed by atoms with van der Waals surface area (Å²) < 4.78 is 2.97. The summed E-state index contributed by atoms with van der Waals surface area (Å²) in [7, 11) is 2.74. The molecule has 1 rings (SSSR count). The second kappa shape index (κ2) is 4.29. The van der Waals surface area contributed by atoms with Gasteiger partial charge in [0.25, 0.3) is 0 Å². The normalized spacial score (nSPS) is 10.6. The number of hydrogen-bond acceptors (Lipinski definition) is 3. The average Bonchev–Trinajstić information content (AvgIpc) is 2.24. The van der Waals surface area contributed by atoms with Gasteiger partial charge in [-0.3, -0.25) is 0 Å². The van der Waals surface area contributed by atoms with Gasteiger partial charge in [0, 0.05) is 20.6 Å². The van der Waals surface area contributed by atoms with Gasteiger partial charge in [0.1, 0.15) is 0 Å². The molecule has 0 saturated heterocycles. The zero-order valence-electron chi connectivity index (χ0n) is 9.19. The molecule has 0 atom stereocenters. The number of rotatable bonds is 3. The Labute approximate surface area is 86.4 Å². The van der Waals surface area contributed by atoms with Crippen LogP contribution in [0.5, 0.6) is 0 Å². The molecule has 15 heavy (non-hydrogen) atoms. The highest BCUT2D eigenvalue weighted by atomic mass is 16.2. The molecule has 6 heteroatoms. The number of hydrogen-bond donors (Lipinski definition) is 0. The standard InChI is InChI=1S/C9H15N3O3/c1-4-5-6-12-8(14)10(2)7(13)11(3)9(12)15/h4-6H2,1-3H3. The highest BCUT2D eigenvalue weighted by Gasteiger charge is 2.08. The molecule has 1 heterocycles. The lowest BCUT2D eigenvalue weighted by molar-refractivity contribution is 0.488. The third-order valence-corrected chi connectivity index (χ3v) is 2.34. The summed E-state index contributed by atoms with van der Waals surface area (Å²) in [4.78, 5) is 34.5. The fraction of sp³-hybridized carbons (Fsp3) is 0.667. The molecule has 1 aromatic heterocycles. The van der Waals surface area contributed by atoms with Crippen molar-refractivity contribution in [1.82, 2.24) is 13.7 Å². The van der Waals surface area contributed by atoms with E-state index in [1.165, 1.54) is 14.1 Å². The van der Waals surface area contributed by atoms with Crippen LogP contribution in [0.25, 0.3) is 0 Å². The van der Waals surface area contributed by atoms with Crippen LogP contribution in [0.2, 0.25) is 0 Å². The molecule has 0 radical (unpaired) electrons. The summed E-state index contributed by atoms with van der Waals surface area (Å²) >= 11 is 0. The first-order chi connectivity index (χ1) is 7.00. The van der Waals surface area contributed by atoms with Crippen molar-refractivity contribution in [2.24, 2.45) is 14.1 Å². The molecule has 0 fully saturated rings. The van der Waals surface area contributed by atoms with Crippen molar-refractivity contribution in [2.45, 2.75) is 26.3 Å². The zero-order valence-corrected chi connectivity index (χ0v) is 9.19. The maximum absolute atomic E-state index is 11.6. The Morgan fingerprint density at radius 3 is 1.80 bits per heavy atom. The van der Waals surface area contributed by atoms with E-state index in [0.29, 0.717) is 6.54 Å². The van der Waals surface area contributed by atoms with Gasteiger partial charge in [0.05, 0.1) is 0 Å². The van der Waals surface area contributed by atoms with Crippen LogP contribution in [0.1, 0.15) is 19.8 Å². The molecular weight excluding hydrogens is 198 g/mol. The number of nitrogens with zero attached hydrogens (tertiary/aromatic N) is 3. The Bertz CT molecular complexity index is 481. The van der Waals surface area contributed by atoms with Crippen molar-refractivity contribution in [3.05, 3.63) is 31.5 Å². The molecule has 84 valence electrons. The molecule has 0 aliphatic heterocycles. The quantitative estimate of drug-likeness (QED) is 0.650. The summed E-state index contributed by atoms with van der Waals surface area (Å²) in [6.07, 6.45) is 1.63. The van der Waals surface area contributed by atoms with Crippen molar-refractivity contribution in [3.63, 3.8) is 0 Å². The lowest BCUT2D eigenvalue weighted by Gasteiger charge is -2.07. The van der Waals surface area contributed by atoms with E-state index in [4.69, 9.17) is 0 Å². The summed E-state index contributed by atoms with van der Waals surface area (Å²) in [5, 5.41) is 0. The molecule has 6 nitrogen and oxygen atoms in total. The van der Waals surface area contributed by atoms with E-state index in [1.54, 1.807) is 0 Å². The topological polar surface area (TPSA) is 66.0 Å². The maximum atomic E-state index is 11.6. The first-order valence-corrected chi connectivity index (χ1v) is 4.87. The van der Waals surface area contributed by atoms with Gasteiger partial charge in [-0.25, -0.2) is 28.1 Å². The Hall–Kier alpha value is -1.59. The van der Waals surface area contributed by atoms with Gasteiger partial charge in [-0.2, -0.15) is 0 Å². The van der Waals surface area contributed by atoms with Gasteiger partial charge in [0.15, 0.2) is 0 Å². The SMILES string of the molecule is CCCCn1c(=O)n(C)c(=O)n(C)c1=O. The molecule has 0 aromatic carbocycles.